The summed E-state index contributed by atoms with van der Waals surface area (Å²) in [4.78, 5) is 4.34. The number of fused-ring (bicyclic) bond motifs is 1. The third-order valence-corrected chi connectivity index (χ3v) is 5.99. The normalized spacial score (nSPS) is 23.7. The summed E-state index contributed by atoms with van der Waals surface area (Å²) in [5, 5.41) is 6.85. The molecule has 1 atom stereocenters. The van der Waals surface area contributed by atoms with Crippen LogP contribution in [-0.4, -0.2) is 43.3 Å². The van der Waals surface area contributed by atoms with E-state index in [1.54, 1.807) is 0 Å². The maximum Gasteiger partial charge on any atom is 0.191 e. The maximum absolute atomic E-state index is 5.87. The van der Waals surface area contributed by atoms with Gasteiger partial charge in [-0.15, -0.1) is 0 Å². The van der Waals surface area contributed by atoms with E-state index in [0.717, 1.165) is 36.0 Å². The van der Waals surface area contributed by atoms with Crippen molar-refractivity contribution in [1.29, 1.82) is 0 Å². The van der Waals surface area contributed by atoms with Crippen molar-refractivity contribution in [1.82, 2.24) is 10.6 Å². The molecule has 2 heterocycles. The summed E-state index contributed by atoms with van der Waals surface area (Å²) in [6, 6.07) is 6.05. The van der Waals surface area contributed by atoms with E-state index >= 15 is 0 Å². The Morgan fingerprint density at radius 3 is 2.92 bits per heavy atom. The van der Waals surface area contributed by atoms with Crippen LogP contribution < -0.4 is 20.1 Å². The summed E-state index contributed by atoms with van der Waals surface area (Å²) in [6.07, 6.45) is 3.49. The van der Waals surface area contributed by atoms with Gasteiger partial charge in [-0.3, -0.25) is 4.99 Å². The zero-order valence-electron chi connectivity index (χ0n) is 14.6. The molecule has 0 radical (unpaired) electrons. The van der Waals surface area contributed by atoms with Crippen molar-refractivity contribution in [2.75, 3.05) is 32.6 Å². The first-order valence-corrected chi connectivity index (χ1v) is 9.65. The number of benzene rings is 1. The fraction of sp³-hybridized carbons (Fsp3) is 0.611. The fourth-order valence-corrected chi connectivity index (χ4v) is 4.28. The number of hydrogen-bond acceptors (Lipinski definition) is 4. The Hall–Kier alpha value is -1.56. The van der Waals surface area contributed by atoms with Crippen LogP contribution in [0.25, 0.3) is 0 Å². The van der Waals surface area contributed by atoms with Gasteiger partial charge in [0.05, 0.1) is 13.2 Å². The summed E-state index contributed by atoms with van der Waals surface area (Å²) >= 11 is 2.05. The van der Waals surface area contributed by atoms with Crippen molar-refractivity contribution in [3.05, 3.63) is 23.8 Å². The highest BCUT2D eigenvalue weighted by Gasteiger charge is 2.29. The third-order valence-electron chi connectivity index (χ3n) is 4.45. The molecule has 1 unspecified atom stereocenters. The molecule has 0 aliphatic carbocycles. The number of nitrogens with one attached hydrogen (secondary N) is 2. The predicted molar refractivity (Wildman–Crippen MR) is 100 cm³/mol. The molecule has 0 aromatic heterocycles. The molecule has 1 aromatic carbocycles. The van der Waals surface area contributed by atoms with Gasteiger partial charge in [0.25, 0.3) is 0 Å². The first-order valence-electron chi connectivity index (χ1n) is 8.66. The van der Waals surface area contributed by atoms with E-state index in [-0.39, 0.29) is 0 Å². The number of hydrogen-bond donors (Lipinski definition) is 2. The Kier molecular flexibility index (Phi) is 5.76. The lowest BCUT2D eigenvalue weighted by Gasteiger charge is -2.24. The van der Waals surface area contributed by atoms with Crippen LogP contribution >= 0.6 is 11.8 Å². The second-order valence-electron chi connectivity index (χ2n) is 6.48. The van der Waals surface area contributed by atoms with E-state index < -0.39 is 0 Å². The monoisotopic (exact) mass is 349 g/mol. The van der Waals surface area contributed by atoms with Crippen LogP contribution in [0.15, 0.2) is 23.2 Å². The van der Waals surface area contributed by atoms with Gasteiger partial charge in [-0.1, -0.05) is 12.1 Å². The molecule has 2 aliphatic heterocycles. The molecule has 1 aromatic rings. The van der Waals surface area contributed by atoms with Crippen LogP contribution in [0.2, 0.25) is 0 Å². The molecule has 5 nitrogen and oxygen atoms in total. The summed E-state index contributed by atoms with van der Waals surface area (Å²) in [5.74, 6) is 3.79. The van der Waals surface area contributed by atoms with E-state index in [1.807, 2.05) is 19.2 Å². The molecule has 24 heavy (non-hydrogen) atoms. The molecular formula is C18H27N3O2S. The summed E-state index contributed by atoms with van der Waals surface area (Å²) in [7, 11) is 1.81. The minimum Gasteiger partial charge on any atom is -0.490 e. The number of aliphatic imine (C=N–C) groups is 1. The number of para-hydroxylation sites is 1. The lowest BCUT2D eigenvalue weighted by Crippen LogP contribution is -2.43. The van der Waals surface area contributed by atoms with Crippen molar-refractivity contribution < 1.29 is 9.47 Å². The van der Waals surface area contributed by atoms with Crippen LogP contribution in [0.4, 0.5) is 0 Å². The summed E-state index contributed by atoms with van der Waals surface area (Å²) < 4.78 is 11.9. The molecule has 132 valence electrons. The van der Waals surface area contributed by atoms with Crippen LogP contribution in [0.3, 0.4) is 0 Å². The van der Waals surface area contributed by atoms with Crippen LogP contribution in [-0.2, 0) is 6.54 Å². The molecule has 6 heteroatoms. The molecule has 2 N–H and O–H groups in total. The second-order valence-corrected chi connectivity index (χ2v) is 8.16. The van der Waals surface area contributed by atoms with Crippen molar-refractivity contribution >= 4 is 17.7 Å². The van der Waals surface area contributed by atoms with E-state index in [4.69, 9.17) is 9.47 Å². The molecule has 0 bridgehead atoms. The molecule has 0 amide bonds. The predicted octanol–water partition coefficient (Wildman–Crippen LogP) is 2.80. The Morgan fingerprint density at radius 1 is 1.25 bits per heavy atom. The van der Waals surface area contributed by atoms with Gasteiger partial charge < -0.3 is 20.1 Å². The van der Waals surface area contributed by atoms with E-state index in [2.05, 4.69) is 40.4 Å². The van der Waals surface area contributed by atoms with Gasteiger partial charge in [-0.2, -0.15) is 11.8 Å². The Labute approximate surface area is 148 Å². The van der Waals surface area contributed by atoms with Gasteiger partial charge in [0.1, 0.15) is 0 Å². The Balaban J connectivity index is 1.58. The number of guanidine groups is 1. The standard InChI is InChI=1S/C18H27N3O2S/c1-18(8-4-11-24-18)13-21-17(19-2)20-12-14-6-3-7-15-16(14)23-10-5-9-22-15/h3,6-7H,4-5,8-13H2,1-2H3,(H2,19,20,21). The fourth-order valence-electron chi connectivity index (χ4n) is 3.04. The zero-order chi connectivity index (χ0) is 16.8. The number of rotatable bonds is 4. The highest BCUT2D eigenvalue weighted by atomic mass is 32.2. The van der Waals surface area contributed by atoms with Gasteiger partial charge in [0, 0.05) is 36.9 Å². The lowest BCUT2D eigenvalue weighted by molar-refractivity contribution is 0.296. The van der Waals surface area contributed by atoms with Crippen molar-refractivity contribution in [3.63, 3.8) is 0 Å². The first-order chi connectivity index (χ1) is 11.7. The quantitative estimate of drug-likeness (QED) is 0.647. The third kappa shape index (κ3) is 4.29. The van der Waals surface area contributed by atoms with E-state index in [0.29, 0.717) is 24.5 Å². The summed E-state index contributed by atoms with van der Waals surface area (Å²) in [6.45, 7) is 5.34. The number of nitrogens with zero attached hydrogens (tertiary/aromatic N) is 1. The largest absolute Gasteiger partial charge is 0.490 e. The van der Waals surface area contributed by atoms with Crippen molar-refractivity contribution in [2.24, 2.45) is 4.99 Å². The average molecular weight is 350 g/mol. The zero-order valence-corrected chi connectivity index (χ0v) is 15.4. The minimum absolute atomic E-state index is 0.318. The molecule has 1 saturated heterocycles. The Morgan fingerprint density at radius 2 is 2.12 bits per heavy atom. The lowest BCUT2D eigenvalue weighted by atomic mass is 10.1. The topological polar surface area (TPSA) is 54.9 Å². The van der Waals surface area contributed by atoms with Gasteiger partial charge in [0.15, 0.2) is 17.5 Å². The number of thioether (sulfide) groups is 1. The first kappa shape index (κ1) is 17.3. The van der Waals surface area contributed by atoms with Gasteiger partial charge in [0.2, 0.25) is 0 Å². The average Bonchev–Trinajstić information content (AvgIpc) is 2.88. The van der Waals surface area contributed by atoms with Crippen LogP contribution in [0.5, 0.6) is 11.5 Å². The van der Waals surface area contributed by atoms with Crippen molar-refractivity contribution in [3.8, 4) is 11.5 Å². The van der Waals surface area contributed by atoms with E-state index in [9.17, 15) is 0 Å². The molecule has 1 fully saturated rings. The van der Waals surface area contributed by atoms with Gasteiger partial charge in [-0.25, -0.2) is 0 Å². The number of ether oxygens (including phenoxy) is 2. The smallest absolute Gasteiger partial charge is 0.191 e. The van der Waals surface area contributed by atoms with E-state index in [1.165, 1.54) is 18.6 Å². The molecule has 3 rings (SSSR count). The second kappa shape index (κ2) is 8.01. The van der Waals surface area contributed by atoms with Gasteiger partial charge in [-0.05, 0) is 31.6 Å². The minimum atomic E-state index is 0.318. The van der Waals surface area contributed by atoms with Crippen LogP contribution in [0.1, 0.15) is 31.7 Å². The van der Waals surface area contributed by atoms with Gasteiger partial charge >= 0.3 is 0 Å². The maximum atomic E-state index is 5.87. The van der Waals surface area contributed by atoms with Crippen LogP contribution in [0, 0.1) is 0 Å². The highest BCUT2D eigenvalue weighted by Crippen LogP contribution is 2.37. The molecule has 0 spiro atoms. The molecular weight excluding hydrogens is 322 g/mol. The molecule has 0 saturated carbocycles. The van der Waals surface area contributed by atoms with Crippen molar-refractivity contribution in [2.45, 2.75) is 37.5 Å². The molecule has 2 aliphatic rings. The summed E-state index contributed by atoms with van der Waals surface area (Å²) in [5.41, 5.74) is 1.10. The Bertz CT molecular complexity index is 586. The highest BCUT2D eigenvalue weighted by molar-refractivity contribution is 8.00. The SMILES string of the molecule is CN=C(NCc1cccc2c1OCCCO2)NCC1(C)CCCS1.